The number of β-lactam (4-membered cyclic amide) rings is 1. The molecule has 1 aromatic carbocycles. The summed E-state index contributed by atoms with van der Waals surface area (Å²) in [4.78, 5) is 67.0. The number of carbonyl (C=O) groups is 4. The van der Waals surface area contributed by atoms with E-state index in [1.165, 1.54) is 19.2 Å². The summed E-state index contributed by atoms with van der Waals surface area (Å²) in [5.74, 6) is -0.639. The monoisotopic (exact) mass is 878 g/mol. The molecule has 330 valence electrons. The minimum atomic E-state index is -5.02. The van der Waals surface area contributed by atoms with Crippen LogP contribution in [-0.2, 0) is 38.6 Å². The number of rotatable bonds is 13. The van der Waals surface area contributed by atoms with Gasteiger partial charge in [-0.2, -0.15) is 13.5 Å². The number of benzene rings is 1. The van der Waals surface area contributed by atoms with Crippen molar-refractivity contribution in [2.75, 3.05) is 36.9 Å². The van der Waals surface area contributed by atoms with E-state index in [9.17, 15) is 27.6 Å². The molecule has 60 heavy (non-hydrogen) atoms. The number of aromatic nitrogens is 2. The fraction of sp³-hybridized carbons (Fsp3) is 0.553. The third-order valence-electron chi connectivity index (χ3n) is 8.51. The van der Waals surface area contributed by atoms with Crippen molar-refractivity contribution in [3.63, 3.8) is 0 Å². The number of nitrogens with zero attached hydrogens (tertiary/aromatic N) is 5. The van der Waals surface area contributed by atoms with Gasteiger partial charge in [0.2, 0.25) is 0 Å². The number of amides is 4. The number of oxime groups is 1. The second kappa shape index (κ2) is 19.4. The molecule has 2 fully saturated rings. The fourth-order valence-corrected chi connectivity index (χ4v) is 6.98. The van der Waals surface area contributed by atoms with Gasteiger partial charge in [-0.15, -0.1) is 15.6 Å². The molecule has 22 heteroatoms. The first-order valence-corrected chi connectivity index (χ1v) is 21.5. The number of fused-ring (bicyclic) bond motifs is 1. The van der Waals surface area contributed by atoms with Crippen LogP contribution in [0.25, 0.3) is 10.8 Å². The van der Waals surface area contributed by atoms with Crippen LogP contribution in [0.5, 0.6) is 5.75 Å². The summed E-state index contributed by atoms with van der Waals surface area (Å²) in [6.07, 6.45) is 2.07. The number of piperidine rings is 1. The maximum absolute atomic E-state index is 13.5. The highest BCUT2D eigenvalue weighted by molar-refractivity contribution is 7.80. The normalized spacial score (nSPS) is 17.1. The minimum absolute atomic E-state index is 0.00884. The maximum atomic E-state index is 13.5. The summed E-state index contributed by atoms with van der Waals surface area (Å²) in [6, 6.07) is 6.19. The minimum Gasteiger partial charge on any atom is -0.490 e. The van der Waals surface area contributed by atoms with Crippen LogP contribution in [0.1, 0.15) is 87.8 Å². The average molecular weight is 879 g/mol. The molecule has 0 radical (unpaired) electrons. The molecule has 5 rings (SSSR count). The summed E-state index contributed by atoms with van der Waals surface area (Å²) in [5.41, 5.74) is -3.14. The van der Waals surface area contributed by atoms with Gasteiger partial charge in [0, 0.05) is 36.1 Å². The molecule has 2 aliphatic heterocycles. The highest BCUT2D eigenvalue weighted by Gasteiger charge is 2.58. The van der Waals surface area contributed by atoms with E-state index in [-0.39, 0.29) is 41.9 Å². The Morgan fingerprint density at radius 2 is 1.68 bits per heavy atom. The van der Waals surface area contributed by atoms with Crippen LogP contribution in [0, 0.1) is 0 Å². The van der Waals surface area contributed by atoms with E-state index in [4.69, 9.17) is 23.6 Å². The van der Waals surface area contributed by atoms with Gasteiger partial charge in [-0.05, 0) is 97.9 Å². The second-order valence-electron chi connectivity index (χ2n) is 15.9. The lowest BCUT2D eigenvalue weighted by Gasteiger charge is -2.50. The van der Waals surface area contributed by atoms with Crippen LogP contribution < -0.4 is 20.7 Å². The number of likely N-dealkylation sites (tertiary alicyclic amines) is 1. The maximum Gasteiger partial charge on any atom is 0.418 e. The molecular formula is C38H54N8O12S2. The van der Waals surface area contributed by atoms with Gasteiger partial charge in [-0.3, -0.25) is 19.5 Å². The summed E-state index contributed by atoms with van der Waals surface area (Å²) in [7, 11) is -5.02. The molecule has 0 aliphatic carbocycles. The molecule has 2 aromatic heterocycles. The van der Waals surface area contributed by atoms with Crippen molar-refractivity contribution in [3.8, 4) is 5.75 Å². The zero-order valence-electron chi connectivity index (χ0n) is 35.4. The van der Waals surface area contributed by atoms with E-state index in [0.29, 0.717) is 29.7 Å². The molecule has 4 amide bonds. The van der Waals surface area contributed by atoms with Crippen LogP contribution in [0.3, 0.4) is 0 Å². The molecule has 4 N–H and O–H groups in total. The number of nitrogens with one attached hydrogen (secondary N) is 3. The molecule has 2 aliphatic rings. The third-order valence-corrected chi connectivity index (χ3v) is 9.61. The summed E-state index contributed by atoms with van der Waals surface area (Å²) >= 11 is 0.969. The number of pyridine rings is 1. The van der Waals surface area contributed by atoms with E-state index < -0.39 is 51.1 Å². The van der Waals surface area contributed by atoms with Gasteiger partial charge in [-0.1, -0.05) is 19.0 Å². The van der Waals surface area contributed by atoms with Crippen molar-refractivity contribution >= 4 is 73.2 Å². The molecule has 1 atom stereocenters. The van der Waals surface area contributed by atoms with Crippen LogP contribution in [0.15, 0.2) is 41.0 Å². The van der Waals surface area contributed by atoms with Crippen LogP contribution in [0.4, 0.5) is 20.5 Å². The van der Waals surface area contributed by atoms with Gasteiger partial charge < -0.3 is 34.6 Å². The van der Waals surface area contributed by atoms with E-state index >= 15 is 0 Å². The SMILES string of the molecule is CC.CC(C)(C)OC(=O)Nc1nc(/C(=N/OCCOc2ccc3c(NC4CCN(C(=O)OC(C)(C)C)CC4)nccc3c2)C(=O)NC2C(=O)N(OS(=O)(=O)O)C2(C)C)cs1. The van der Waals surface area contributed by atoms with E-state index in [0.717, 1.165) is 35.0 Å². The quantitative estimate of drug-likeness (QED) is 0.0543. The number of anilines is 2. The first kappa shape index (κ1) is 47.4. The van der Waals surface area contributed by atoms with Crippen LogP contribution >= 0.6 is 11.3 Å². The number of hydrogen-bond acceptors (Lipinski definition) is 16. The first-order chi connectivity index (χ1) is 28.0. The molecule has 0 bridgehead atoms. The zero-order valence-corrected chi connectivity index (χ0v) is 37.0. The molecule has 1 unspecified atom stereocenters. The van der Waals surface area contributed by atoms with Gasteiger partial charge >= 0.3 is 22.6 Å². The molecule has 20 nitrogen and oxygen atoms in total. The molecule has 2 saturated heterocycles. The highest BCUT2D eigenvalue weighted by Crippen LogP contribution is 2.33. The summed E-state index contributed by atoms with van der Waals surface area (Å²) < 4.78 is 52.6. The molecular weight excluding hydrogens is 825 g/mol. The highest BCUT2D eigenvalue weighted by atomic mass is 32.3. The van der Waals surface area contributed by atoms with Gasteiger partial charge in [0.25, 0.3) is 11.8 Å². The Kier molecular flexibility index (Phi) is 15.3. The number of ether oxygens (including phenoxy) is 3. The lowest BCUT2D eigenvalue weighted by molar-refractivity contribution is -0.218. The van der Waals surface area contributed by atoms with Crippen molar-refractivity contribution in [1.29, 1.82) is 0 Å². The Bertz CT molecular complexity index is 2160. The number of thiazole rings is 1. The Morgan fingerprint density at radius 3 is 2.30 bits per heavy atom. The van der Waals surface area contributed by atoms with Gasteiger partial charge in [-0.25, -0.2) is 19.6 Å². The fourth-order valence-electron chi connectivity index (χ4n) is 5.85. The van der Waals surface area contributed by atoms with E-state index in [1.54, 1.807) is 37.9 Å². The van der Waals surface area contributed by atoms with E-state index in [1.807, 2.05) is 52.8 Å². The van der Waals surface area contributed by atoms with Crippen molar-refractivity contribution in [2.24, 2.45) is 5.16 Å². The number of hydroxylamine groups is 2. The van der Waals surface area contributed by atoms with Crippen molar-refractivity contribution in [1.82, 2.24) is 25.2 Å². The Hall–Kier alpha value is -5.32. The Balaban J connectivity index is 0.00000391. The van der Waals surface area contributed by atoms with E-state index in [2.05, 4.69) is 35.4 Å². The predicted molar refractivity (Wildman–Crippen MR) is 223 cm³/mol. The standard InChI is InChI=1S/C36H48N8O12S2.C2H6/c1-34(2,3)54-32(47)41-31-39-25(20-57-31)26(29(45)40-27-30(46)44(36(27,7)8)56-58(49,50)51)42-53-18-17-52-23-9-10-24-21(19-23)11-14-37-28(24)38-22-12-15-43(16-13-22)33(48)55-35(4,5)6;1-2/h9-11,14,19-20,22,27H,12-13,15-18H2,1-8H3,(H,37,38)(H,40,45)(H,39,41,47)(H,49,50,51);1-2H3/b42-26-;. The lowest BCUT2D eigenvalue weighted by Crippen LogP contribution is -2.76. The van der Waals surface area contributed by atoms with Gasteiger partial charge in [0.05, 0.1) is 5.54 Å². The molecule has 0 saturated carbocycles. The lowest BCUT2D eigenvalue weighted by atomic mass is 9.84. The summed E-state index contributed by atoms with van der Waals surface area (Å²) in [6.45, 7) is 18.4. The second-order valence-corrected chi connectivity index (χ2v) is 17.8. The van der Waals surface area contributed by atoms with Gasteiger partial charge in [0.15, 0.2) is 17.5 Å². The largest absolute Gasteiger partial charge is 0.490 e. The zero-order chi connectivity index (χ0) is 44.6. The van der Waals surface area contributed by atoms with Crippen LogP contribution in [0.2, 0.25) is 0 Å². The molecule has 0 spiro atoms. The Labute approximate surface area is 353 Å². The third kappa shape index (κ3) is 13.1. The van der Waals surface area contributed by atoms with Crippen LogP contribution in [-0.4, -0.2) is 118 Å². The number of carbonyl (C=O) groups excluding carboxylic acids is 4. The number of hydrogen-bond donors (Lipinski definition) is 4. The van der Waals surface area contributed by atoms with Crippen molar-refractivity contribution in [2.45, 2.75) is 111 Å². The van der Waals surface area contributed by atoms with Gasteiger partial charge in [0.1, 0.15) is 41.1 Å². The predicted octanol–water partition coefficient (Wildman–Crippen LogP) is 5.52. The smallest absolute Gasteiger partial charge is 0.418 e. The van der Waals surface area contributed by atoms with Crippen molar-refractivity contribution in [3.05, 3.63) is 41.5 Å². The first-order valence-electron chi connectivity index (χ1n) is 19.2. The topological polar surface area (TPSA) is 250 Å². The molecule has 4 heterocycles. The Morgan fingerprint density at radius 1 is 1.02 bits per heavy atom. The summed E-state index contributed by atoms with van der Waals surface area (Å²) in [5, 5.41) is 16.1. The molecule has 3 aromatic rings. The van der Waals surface area contributed by atoms with Crippen molar-refractivity contribution < 1.29 is 55.5 Å². The average Bonchev–Trinajstić information content (AvgIpc) is 3.60.